The molecule has 0 bridgehead atoms. The van der Waals surface area contributed by atoms with E-state index in [1.807, 2.05) is 0 Å². The predicted octanol–water partition coefficient (Wildman–Crippen LogP) is 7.88. The van der Waals surface area contributed by atoms with Gasteiger partial charge in [0.05, 0.1) is 22.3 Å². The van der Waals surface area contributed by atoms with E-state index < -0.39 is 72.2 Å². The summed E-state index contributed by atoms with van der Waals surface area (Å²) >= 11 is 0.583. The average molecular weight is 836 g/mol. The van der Waals surface area contributed by atoms with E-state index in [9.17, 15) is 28.8 Å². The third kappa shape index (κ3) is 10.5. The van der Waals surface area contributed by atoms with Crippen molar-refractivity contribution in [3.05, 3.63) is 215 Å². The van der Waals surface area contributed by atoms with Crippen LogP contribution in [-0.2, 0) is 23.7 Å². The fourth-order valence-electron chi connectivity index (χ4n) is 6.30. The summed E-state index contributed by atoms with van der Waals surface area (Å²) in [6, 6.07) is 48.2. The molecule has 13 heteroatoms. The largest absolute Gasteiger partial charge is 0.458 e. The van der Waals surface area contributed by atoms with E-state index in [1.54, 1.807) is 109 Å². The molecule has 0 unspecified atom stereocenters. The van der Waals surface area contributed by atoms with Gasteiger partial charge in [-0.05, 0) is 84.7 Å². The van der Waals surface area contributed by atoms with Crippen LogP contribution in [0.4, 0.5) is 0 Å². The molecule has 1 aliphatic rings. The van der Waals surface area contributed by atoms with E-state index in [0.29, 0.717) is 11.9 Å². The van der Waals surface area contributed by atoms with Crippen LogP contribution in [0.3, 0.4) is 0 Å². The number of hydrogen-bond donors (Lipinski definition) is 0. The number of imide groups is 1. The molecule has 7 rings (SSSR count). The summed E-state index contributed by atoms with van der Waals surface area (Å²) in [4.78, 5) is 83.5. The predicted molar refractivity (Wildman–Crippen MR) is 223 cm³/mol. The highest BCUT2D eigenvalue weighted by Gasteiger charge is 2.55. The second kappa shape index (κ2) is 20.1. The van der Waals surface area contributed by atoms with Crippen LogP contribution in [0.25, 0.3) is 0 Å². The first-order chi connectivity index (χ1) is 29.8. The molecular formula is C48H37NO11S. The molecule has 0 radical (unpaired) electrons. The molecule has 6 aromatic carbocycles. The summed E-state index contributed by atoms with van der Waals surface area (Å²) in [6.07, 6.45) is -6.23. The normalized spacial score (nSPS) is 17.2. The van der Waals surface area contributed by atoms with Gasteiger partial charge in [-0.3, -0.25) is 9.59 Å². The number of hydrogen-bond acceptors (Lipinski definition) is 12. The topological polar surface area (TPSA) is 152 Å². The second-order valence-electron chi connectivity index (χ2n) is 13.5. The summed E-state index contributed by atoms with van der Waals surface area (Å²) < 4.78 is 31.5. The molecule has 306 valence electrons. The molecule has 0 aromatic heterocycles. The van der Waals surface area contributed by atoms with Crippen LogP contribution in [0.15, 0.2) is 182 Å². The van der Waals surface area contributed by atoms with Crippen molar-refractivity contribution in [1.29, 1.82) is 0 Å². The van der Waals surface area contributed by atoms with E-state index >= 15 is 0 Å². The summed E-state index contributed by atoms with van der Waals surface area (Å²) in [7, 11) is 0. The molecule has 1 aliphatic heterocycles. The number of carbonyl (C=O) groups excluding carboxylic acids is 6. The molecular weight excluding hydrogens is 799 g/mol. The number of ether oxygens (including phenoxy) is 5. The molecule has 2 amide bonds. The maximum atomic E-state index is 14.3. The van der Waals surface area contributed by atoms with Crippen LogP contribution >= 0.6 is 11.9 Å². The van der Waals surface area contributed by atoms with Gasteiger partial charge < -0.3 is 23.7 Å². The Kier molecular flexibility index (Phi) is 13.8. The Balaban J connectivity index is 1.32. The quantitative estimate of drug-likeness (QED) is 0.0454. The van der Waals surface area contributed by atoms with Gasteiger partial charge in [0, 0.05) is 11.1 Å². The lowest BCUT2D eigenvalue weighted by Gasteiger charge is -2.28. The van der Waals surface area contributed by atoms with E-state index in [1.165, 1.54) is 72.8 Å². The van der Waals surface area contributed by atoms with E-state index in [-0.39, 0.29) is 33.4 Å². The zero-order valence-corrected chi connectivity index (χ0v) is 33.1. The van der Waals surface area contributed by atoms with Gasteiger partial charge in [0.1, 0.15) is 12.7 Å². The molecule has 0 spiro atoms. The molecule has 12 nitrogen and oxygen atoms in total. The molecule has 0 N–H and O–H groups in total. The minimum Gasteiger partial charge on any atom is -0.458 e. The molecule has 1 heterocycles. The van der Waals surface area contributed by atoms with Gasteiger partial charge in [-0.15, -0.1) is 0 Å². The smallest absolute Gasteiger partial charge is 0.338 e. The first-order valence-corrected chi connectivity index (χ1v) is 19.9. The highest BCUT2D eigenvalue weighted by atomic mass is 32.2. The molecule has 0 aliphatic carbocycles. The number of nitrogens with zero attached hydrogens (tertiary/aromatic N) is 1. The van der Waals surface area contributed by atoms with Crippen molar-refractivity contribution in [2.45, 2.75) is 29.9 Å². The maximum Gasteiger partial charge on any atom is 0.338 e. The SMILES string of the molecule is O=C(OC[C@@H](OC(=O)c1ccccc1)[C@@H]1O[C@@H](SN(C(=O)c2ccccc2)C(=O)c2ccccc2)[C@H](OC(=O)c2ccccc2)[C@H]1OC(=O)c1ccccc1)c1ccccc1. The van der Waals surface area contributed by atoms with Crippen molar-refractivity contribution < 1.29 is 52.5 Å². The number of esters is 4. The monoisotopic (exact) mass is 835 g/mol. The van der Waals surface area contributed by atoms with E-state index in [2.05, 4.69) is 0 Å². The van der Waals surface area contributed by atoms with Crippen LogP contribution in [0, 0.1) is 0 Å². The Labute approximate surface area is 355 Å². The fraction of sp³-hybridized carbons (Fsp3) is 0.125. The zero-order chi connectivity index (χ0) is 42.6. The maximum absolute atomic E-state index is 14.3. The van der Waals surface area contributed by atoms with Crippen LogP contribution in [0.5, 0.6) is 0 Å². The lowest BCUT2D eigenvalue weighted by atomic mass is 10.1. The van der Waals surface area contributed by atoms with Gasteiger partial charge in [-0.25, -0.2) is 23.5 Å². The van der Waals surface area contributed by atoms with Crippen molar-refractivity contribution in [1.82, 2.24) is 4.31 Å². The molecule has 6 aromatic rings. The van der Waals surface area contributed by atoms with Crippen molar-refractivity contribution in [2.75, 3.05) is 6.61 Å². The minimum atomic E-state index is -1.60. The first kappa shape index (κ1) is 41.8. The van der Waals surface area contributed by atoms with Gasteiger partial charge in [-0.1, -0.05) is 109 Å². The summed E-state index contributed by atoms with van der Waals surface area (Å²) in [5.74, 6) is -4.79. The Morgan fingerprint density at radius 3 is 1.21 bits per heavy atom. The molecule has 0 saturated carbocycles. The summed E-state index contributed by atoms with van der Waals surface area (Å²) in [6.45, 7) is -0.622. The number of amides is 2. The van der Waals surface area contributed by atoms with Gasteiger partial charge in [0.15, 0.2) is 23.7 Å². The van der Waals surface area contributed by atoms with Gasteiger partial charge in [-0.2, -0.15) is 0 Å². The standard InChI is InChI=1S/C48H37NO11S/c50-42(32-19-7-1-8-20-32)49(43(51)33-21-9-2-10-22-33)61-48-41(59-47(55)37-29-17-6-18-30-37)40(58-46(54)36-27-15-5-16-28-36)39(60-48)38(57-45(53)35-25-13-4-14-26-35)31-56-44(52)34-23-11-3-12-24-34/h1-30,38-41,48H,31H2/t38-,39+,40+,41-,48+/m1/s1. The van der Waals surface area contributed by atoms with Crippen molar-refractivity contribution in [3.8, 4) is 0 Å². The number of rotatable bonds is 14. The highest BCUT2D eigenvalue weighted by molar-refractivity contribution is 7.98. The third-order valence-electron chi connectivity index (χ3n) is 9.35. The van der Waals surface area contributed by atoms with Crippen molar-refractivity contribution >= 4 is 47.6 Å². The molecule has 5 atom stereocenters. The average Bonchev–Trinajstić information content (AvgIpc) is 3.65. The third-order valence-corrected chi connectivity index (χ3v) is 10.5. The Bertz CT molecular complexity index is 2390. The molecule has 1 fully saturated rings. The van der Waals surface area contributed by atoms with Gasteiger partial charge >= 0.3 is 23.9 Å². The first-order valence-electron chi connectivity index (χ1n) is 19.1. The lowest BCUT2D eigenvalue weighted by molar-refractivity contribution is -0.0899. The Morgan fingerprint density at radius 2 is 0.803 bits per heavy atom. The van der Waals surface area contributed by atoms with E-state index in [0.717, 1.165) is 4.31 Å². The summed E-state index contributed by atoms with van der Waals surface area (Å²) in [5.41, 5.74) is -0.587. The van der Waals surface area contributed by atoms with E-state index in [4.69, 9.17) is 23.7 Å². The van der Waals surface area contributed by atoms with Crippen molar-refractivity contribution in [3.63, 3.8) is 0 Å². The second-order valence-corrected chi connectivity index (χ2v) is 14.5. The highest BCUT2D eigenvalue weighted by Crippen LogP contribution is 2.39. The van der Waals surface area contributed by atoms with Crippen LogP contribution in [0.2, 0.25) is 0 Å². The molecule has 61 heavy (non-hydrogen) atoms. The van der Waals surface area contributed by atoms with Crippen LogP contribution in [0.1, 0.15) is 62.1 Å². The summed E-state index contributed by atoms with van der Waals surface area (Å²) in [5, 5.41) is 0. The number of benzene rings is 6. The van der Waals surface area contributed by atoms with Crippen LogP contribution < -0.4 is 0 Å². The van der Waals surface area contributed by atoms with Crippen molar-refractivity contribution in [2.24, 2.45) is 0 Å². The van der Waals surface area contributed by atoms with Gasteiger partial charge in [0.2, 0.25) is 0 Å². The molecule has 1 saturated heterocycles. The minimum absolute atomic E-state index is 0.124. The lowest BCUT2D eigenvalue weighted by Crippen LogP contribution is -2.47. The van der Waals surface area contributed by atoms with Gasteiger partial charge in [0.25, 0.3) is 11.8 Å². The Morgan fingerprint density at radius 1 is 0.459 bits per heavy atom. The zero-order valence-electron chi connectivity index (χ0n) is 32.3. The Hall–Kier alpha value is -7.35. The van der Waals surface area contributed by atoms with Crippen LogP contribution in [-0.4, -0.2) is 76.5 Å². The fourth-order valence-corrected chi connectivity index (χ4v) is 7.42. The number of carbonyl (C=O) groups is 6.